The highest BCUT2D eigenvalue weighted by Gasteiger charge is 2.28. The average Bonchev–Trinajstić information content (AvgIpc) is 3.14. The number of nitrogens with zero attached hydrogens (tertiary/aromatic N) is 3. The van der Waals surface area contributed by atoms with E-state index in [9.17, 15) is 27.6 Å². The summed E-state index contributed by atoms with van der Waals surface area (Å²) < 4.78 is 34.7. The molecule has 13 heteroatoms. The molecular formula is C38H37N5O7S. The van der Waals surface area contributed by atoms with Crippen LogP contribution in [0.4, 0.5) is 0 Å². The van der Waals surface area contributed by atoms with Gasteiger partial charge in [0.05, 0.1) is 24.0 Å². The Balaban J connectivity index is 1.33. The first-order valence-electron chi connectivity index (χ1n) is 16.3. The van der Waals surface area contributed by atoms with Crippen LogP contribution in [0.3, 0.4) is 0 Å². The molecule has 51 heavy (non-hydrogen) atoms. The van der Waals surface area contributed by atoms with Crippen molar-refractivity contribution in [2.24, 2.45) is 0 Å². The molecule has 0 saturated heterocycles. The maximum Gasteiger partial charge on any atom is 0.258 e. The summed E-state index contributed by atoms with van der Waals surface area (Å²) in [4.78, 5) is 62.4. The van der Waals surface area contributed by atoms with E-state index in [1.165, 1.54) is 6.20 Å². The maximum atomic E-state index is 13.8. The molecule has 0 fully saturated rings. The Morgan fingerprint density at radius 3 is 2.12 bits per heavy atom. The zero-order valence-electron chi connectivity index (χ0n) is 27.7. The van der Waals surface area contributed by atoms with Gasteiger partial charge in [-0.3, -0.25) is 23.7 Å². The fourth-order valence-electron chi connectivity index (χ4n) is 5.25. The molecule has 0 spiro atoms. The Morgan fingerprint density at radius 2 is 1.45 bits per heavy atom. The van der Waals surface area contributed by atoms with Crippen LogP contribution in [0.15, 0.2) is 126 Å². The van der Waals surface area contributed by atoms with Gasteiger partial charge in [-0.25, -0.2) is 23.1 Å². The second kappa shape index (κ2) is 17.7. The SMILES string of the molecule is O=C(Cn1c(-c2ccccc2)ncc(CNS(=O)(=O)Cc2ccccc2)c1=O)NC(Cc1ccccc1)C(=O)C(=O)CCCOc1ccccn1. The van der Waals surface area contributed by atoms with Crippen LogP contribution in [0.25, 0.3) is 11.4 Å². The molecule has 0 aliphatic rings. The lowest BCUT2D eigenvalue weighted by atomic mass is 9.98. The van der Waals surface area contributed by atoms with Gasteiger partial charge in [-0.2, -0.15) is 0 Å². The second-order valence-corrected chi connectivity index (χ2v) is 13.5. The molecule has 0 aliphatic carbocycles. The van der Waals surface area contributed by atoms with Crippen LogP contribution in [0.1, 0.15) is 29.5 Å². The van der Waals surface area contributed by atoms with Crippen LogP contribution in [-0.4, -0.2) is 53.1 Å². The average molecular weight is 708 g/mol. The van der Waals surface area contributed by atoms with Gasteiger partial charge in [0, 0.05) is 43.4 Å². The Labute approximate surface area is 295 Å². The van der Waals surface area contributed by atoms with E-state index in [0.29, 0.717) is 17.0 Å². The molecule has 5 rings (SSSR count). The number of hydrogen-bond acceptors (Lipinski definition) is 9. The molecule has 1 atom stereocenters. The summed E-state index contributed by atoms with van der Waals surface area (Å²) in [6, 6.07) is 30.3. The van der Waals surface area contributed by atoms with Crippen molar-refractivity contribution >= 4 is 27.5 Å². The van der Waals surface area contributed by atoms with Gasteiger partial charge in [0.15, 0.2) is 0 Å². The molecule has 0 saturated carbocycles. The van der Waals surface area contributed by atoms with Crippen molar-refractivity contribution in [1.29, 1.82) is 0 Å². The van der Waals surface area contributed by atoms with Crippen molar-refractivity contribution in [2.45, 2.75) is 44.1 Å². The van der Waals surface area contributed by atoms with Gasteiger partial charge in [0.2, 0.25) is 33.4 Å². The Bertz CT molecular complexity index is 2100. The number of pyridine rings is 1. The van der Waals surface area contributed by atoms with Crippen molar-refractivity contribution in [3.8, 4) is 17.3 Å². The molecule has 2 aromatic heterocycles. The largest absolute Gasteiger partial charge is 0.478 e. The highest BCUT2D eigenvalue weighted by Crippen LogP contribution is 2.16. The van der Waals surface area contributed by atoms with E-state index in [4.69, 9.17) is 4.74 Å². The first kappa shape index (κ1) is 36.5. The summed E-state index contributed by atoms with van der Waals surface area (Å²) in [6.07, 6.45) is 3.07. The molecule has 0 radical (unpaired) electrons. The molecule has 1 amide bonds. The van der Waals surface area contributed by atoms with Gasteiger partial charge in [-0.05, 0) is 23.6 Å². The first-order chi connectivity index (χ1) is 24.7. The molecule has 12 nitrogen and oxygen atoms in total. The van der Waals surface area contributed by atoms with Crippen molar-refractivity contribution in [3.05, 3.63) is 149 Å². The molecule has 2 N–H and O–H groups in total. The Morgan fingerprint density at radius 1 is 0.804 bits per heavy atom. The van der Waals surface area contributed by atoms with Crippen LogP contribution in [0, 0.1) is 0 Å². The molecule has 0 bridgehead atoms. The number of ketones is 2. The van der Waals surface area contributed by atoms with E-state index < -0.39 is 45.6 Å². The number of hydrogen-bond donors (Lipinski definition) is 2. The van der Waals surface area contributed by atoms with Gasteiger partial charge >= 0.3 is 0 Å². The predicted molar refractivity (Wildman–Crippen MR) is 191 cm³/mol. The number of sulfonamides is 1. The van der Waals surface area contributed by atoms with Gasteiger partial charge in [-0.1, -0.05) is 97.1 Å². The number of carbonyl (C=O) groups is 3. The van der Waals surface area contributed by atoms with Gasteiger partial charge < -0.3 is 10.1 Å². The summed E-state index contributed by atoms with van der Waals surface area (Å²) in [7, 11) is -3.82. The summed E-state index contributed by atoms with van der Waals surface area (Å²) in [5.74, 6) is -1.87. The van der Waals surface area contributed by atoms with E-state index in [0.717, 1.165) is 10.1 Å². The Hall–Kier alpha value is -5.79. The van der Waals surface area contributed by atoms with E-state index in [2.05, 4.69) is 20.0 Å². The zero-order valence-corrected chi connectivity index (χ0v) is 28.5. The summed E-state index contributed by atoms with van der Waals surface area (Å²) in [5, 5.41) is 2.67. The molecule has 2 heterocycles. The molecule has 3 aromatic carbocycles. The fraction of sp³-hybridized carbons (Fsp3) is 0.211. The molecule has 5 aromatic rings. The first-order valence-corrected chi connectivity index (χ1v) is 17.9. The third-order valence-corrected chi connectivity index (χ3v) is 9.08. The zero-order chi connectivity index (χ0) is 36.1. The van der Waals surface area contributed by atoms with Crippen LogP contribution in [0.2, 0.25) is 0 Å². The topological polar surface area (TPSA) is 166 Å². The lowest BCUT2D eigenvalue weighted by Gasteiger charge is -2.19. The highest BCUT2D eigenvalue weighted by molar-refractivity contribution is 7.88. The van der Waals surface area contributed by atoms with Crippen LogP contribution in [-0.2, 0) is 49.7 Å². The normalized spacial score (nSPS) is 11.8. The second-order valence-electron chi connectivity index (χ2n) is 11.6. The quantitative estimate of drug-likeness (QED) is 0.102. The van der Waals surface area contributed by atoms with Crippen molar-refractivity contribution < 1.29 is 27.5 Å². The number of nitrogens with one attached hydrogen (secondary N) is 2. The van der Waals surface area contributed by atoms with Gasteiger partial charge in [0.25, 0.3) is 5.56 Å². The third kappa shape index (κ3) is 10.8. The van der Waals surface area contributed by atoms with Crippen molar-refractivity contribution in [2.75, 3.05) is 6.61 Å². The lowest BCUT2D eigenvalue weighted by molar-refractivity contribution is -0.139. The van der Waals surface area contributed by atoms with Gasteiger partial charge in [0.1, 0.15) is 12.4 Å². The molecule has 1 unspecified atom stereocenters. The monoisotopic (exact) mass is 707 g/mol. The van der Waals surface area contributed by atoms with Crippen molar-refractivity contribution in [1.82, 2.24) is 24.6 Å². The predicted octanol–water partition coefficient (Wildman–Crippen LogP) is 3.65. The minimum absolute atomic E-state index is 0.0131. The fourth-order valence-corrected chi connectivity index (χ4v) is 6.36. The van der Waals surface area contributed by atoms with Crippen LogP contribution < -0.4 is 20.3 Å². The number of benzene rings is 3. The summed E-state index contributed by atoms with van der Waals surface area (Å²) in [5.41, 5.74) is 1.21. The maximum absolute atomic E-state index is 13.8. The van der Waals surface area contributed by atoms with E-state index in [1.807, 2.05) is 6.07 Å². The standard InChI is InChI=1S/C38H37N5O7S/c44-33(19-12-22-50-35-20-10-11-21-39-35)36(46)32(23-28-13-4-1-5-14-28)42-34(45)26-43-37(30-17-8-3-9-18-30)40-24-31(38(43)47)25-41-51(48,49)27-29-15-6-2-7-16-29/h1-11,13-18,20-21,24,32,41H,12,19,22-23,25-27H2,(H,42,45). The number of Topliss-reactive ketones (excluding diaryl/α,β-unsaturated/α-hetero) is 2. The number of amides is 1. The third-order valence-electron chi connectivity index (χ3n) is 7.78. The number of ether oxygens (including phenoxy) is 1. The minimum atomic E-state index is -3.82. The lowest BCUT2D eigenvalue weighted by Crippen LogP contribution is -2.47. The van der Waals surface area contributed by atoms with Crippen molar-refractivity contribution in [3.63, 3.8) is 0 Å². The summed E-state index contributed by atoms with van der Waals surface area (Å²) >= 11 is 0. The number of rotatable bonds is 18. The van der Waals surface area contributed by atoms with Crippen LogP contribution >= 0.6 is 0 Å². The number of aromatic nitrogens is 3. The summed E-state index contributed by atoms with van der Waals surface area (Å²) in [6.45, 7) is -0.737. The smallest absolute Gasteiger partial charge is 0.258 e. The molecular weight excluding hydrogens is 671 g/mol. The minimum Gasteiger partial charge on any atom is -0.478 e. The van der Waals surface area contributed by atoms with Gasteiger partial charge in [-0.15, -0.1) is 0 Å². The highest BCUT2D eigenvalue weighted by atomic mass is 32.2. The van der Waals surface area contributed by atoms with E-state index in [1.54, 1.807) is 109 Å². The van der Waals surface area contributed by atoms with Crippen LogP contribution in [0.5, 0.6) is 5.88 Å². The number of carbonyl (C=O) groups excluding carboxylic acids is 3. The molecule has 0 aliphatic heterocycles. The molecule has 262 valence electrons. The Kier molecular flexibility index (Phi) is 12.7. The van der Waals surface area contributed by atoms with E-state index >= 15 is 0 Å². The van der Waals surface area contributed by atoms with E-state index in [-0.39, 0.29) is 49.6 Å².